The number of hydrogen-bond acceptors (Lipinski definition) is 2. The van der Waals surface area contributed by atoms with Crippen molar-refractivity contribution in [2.24, 2.45) is 5.73 Å². The van der Waals surface area contributed by atoms with Gasteiger partial charge in [0.15, 0.2) is 8.32 Å². The molecule has 114 valence electrons. The van der Waals surface area contributed by atoms with Gasteiger partial charge in [-0.1, -0.05) is 32.4 Å². The first-order valence-corrected chi connectivity index (χ1v) is 10.2. The molecule has 0 aromatic heterocycles. The van der Waals surface area contributed by atoms with Crippen molar-refractivity contribution in [2.45, 2.75) is 51.4 Å². The number of hydrogen-bond donors (Lipinski definition) is 1. The summed E-state index contributed by atoms with van der Waals surface area (Å²) in [7, 11) is -1.77. The lowest BCUT2D eigenvalue weighted by Gasteiger charge is -2.36. The quantitative estimate of drug-likeness (QED) is 0.785. The lowest BCUT2D eigenvalue weighted by Crippen LogP contribution is -2.41. The summed E-state index contributed by atoms with van der Waals surface area (Å²) in [5.41, 5.74) is 6.49. The van der Waals surface area contributed by atoms with Crippen LogP contribution >= 0.6 is 11.6 Å². The molecule has 0 saturated heterocycles. The molecule has 1 aromatic rings. The molecule has 2 nitrogen and oxygen atoms in total. The minimum absolute atomic E-state index is 0.165. The summed E-state index contributed by atoms with van der Waals surface area (Å²) in [6, 6.07) is 4.08. The Kier molecular flexibility index (Phi) is 5.78. The highest BCUT2D eigenvalue weighted by atomic mass is 35.5. The molecule has 1 atom stereocenters. The maximum absolute atomic E-state index is 13.7. The van der Waals surface area contributed by atoms with Crippen molar-refractivity contribution in [3.05, 3.63) is 34.6 Å². The normalized spacial score (nSPS) is 14.4. The van der Waals surface area contributed by atoms with Gasteiger partial charge in [0.25, 0.3) is 0 Å². The standard InChI is InChI=1S/C15H25ClFNOSi/c1-15(2,3)20(4,5)19-9-8-14(18)12-10-11(16)6-7-13(12)17/h6-7,10,14H,8-9,18H2,1-5H3/t14-/m0/s1. The molecule has 0 aliphatic carbocycles. The topological polar surface area (TPSA) is 35.2 Å². The zero-order valence-corrected chi connectivity index (χ0v) is 14.7. The van der Waals surface area contributed by atoms with Gasteiger partial charge < -0.3 is 10.2 Å². The first-order valence-electron chi connectivity index (χ1n) is 6.89. The number of nitrogens with two attached hydrogens (primary N) is 1. The maximum atomic E-state index is 13.7. The van der Waals surface area contributed by atoms with Crippen molar-refractivity contribution in [2.75, 3.05) is 6.61 Å². The average Bonchev–Trinajstić information content (AvgIpc) is 2.30. The van der Waals surface area contributed by atoms with Crippen molar-refractivity contribution < 1.29 is 8.82 Å². The number of halogens is 2. The van der Waals surface area contributed by atoms with Crippen LogP contribution in [0.2, 0.25) is 23.2 Å². The van der Waals surface area contributed by atoms with Gasteiger partial charge in [0.2, 0.25) is 0 Å². The van der Waals surface area contributed by atoms with Crippen LogP contribution in [-0.2, 0) is 4.43 Å². The van der Waals surface area contributed by atoms with Gasteiger partial charge in [-0.15, -0.1) is 0 Å². The van der Waals surface area contributed by atoms with Crippen LogP contribution < -0.4 is 5.73 Å². The fourth-order valence-electron chi connectivity index (χ4n) is 1.61. The predicted molar refractivity (Wildman–Crippen MR) is 86.1 cm³/mol. The van der Waals surface area contributed by atoms with E-state index in [1.807, 2.05) is 0 Å². The second kappa shape index (κ2) is 6.56. The second-order valence-electron chi connectivity index (χ2n) is 6.67. The monoisotopic (exact) mass is 317 g/mol. The van der Waals surface area contributed by atoms with E-state index in [1.54, 1.807) is 6.07 Å². The molecule has 2 N–H and O–H groups in total. The molecule has 0 amide bonds. The van der Waals surface area contributed by atoms with Gasteiger partial charge >= 0.3 is 0 Å². The largest absolute Gasteiger partial charge is 0.417 e. The first-order chi connectivity index (χ1) is 9.04. The Hall–Kier alpha value is -0.423. The molecule has 1 aromatic carbocycles. The minimum Gasteiger partial charge on any atom is -0.417 e. The van der Waals surface area contributed by atoms with Crippen LogP contribution in [0.5, 0.6) is 0 Å². The van der Waals surface area contributed by atoms with Gasteiger partial charge in [0.1, 0.15) is 5.82 Å². The fraction of sp³-hybridized carbons (Fsp3) is 0.600. The van der Waals surface area contributed by atoms with Crippen LogP contribution in [0.25, 0.3) is 0 Å². The highest BCUT2D eigenvalue weighted by molar-refractivity contribution is 6.74. The summed E-state index contributed by atoms with van der Waals surface area (Å²) in [5, 5.41) is 0.667. The Morgan fingerprint density at radius 3 is 2.50 bits per heavy atom. The Morgan fingerprint density at radius 1 is 1.35 bits per heavy atom. The third-order valence-electron chi connectivity index (χ3n) is 4.06. The minimum atomic E-state index is -1.77. The predicted octanol–water partition coefficient (Wildman–Crippen LogP) is 4.89. The van der Waals surface area contributed by atoms with E-state index in [4.69, 9.17) is 21.8 Å². The molecular formula is C15H25ClFNOSi. The average molecular weight is 318 g/mol. The molecule has 0 heterocycles. The summed E-state index contributed by atoms with van der Waals surface area (Å²) in [4.78, 5) is 0. The smallest absolute Gasteiger partial charge is 0.191 e. The molecule has 0 fully saturated rings. The molecule has 0 radical (unpaired) electrons. The Bertz CT molecular complexity index is 460. The van der Waals surface area contributed by atoms with E-state index in [-0.39, 0.29) is 10.9 Å². The first kappa shape index (κ1) is 17.6. The van der Waals surface area contributed by atoms with Crippen molar-refractivity contribution in [3.63, 3.8) is 0 Å². The zero-order valence-electron chi connectivity index (χ0n) is 13.0. The lowest BCUT2D eigenvalue weighted by molar-refractivity contribution is 0.271. The summed E-state index contributed by atoms with van der Waals surface area (Å²) in [6.45, 7) is 11.5. The molecule has 5 heteroatoms. The van der Waals surface area contributed by atoms with E-state index in [2.05, 4.69) is 33.9 Å². The third kappa shape index (κ3) is 4.55. The highest BCUT2D eigenvalue weighted by Gasteiger charge is 2.37. The van der Waals surface area contributed by atoms with Crippen LogP contribution in [0.4, 0.5) is 4.39 Å². The van der Waals surface area contributed by atoms with Gasteiger partial charge in [0.05, 0.1) is 0 Å². The van der Waals surface area contributed by atoms with E-state index in [1.165, 1.54) is 12.1 Å². The number of benzene rings is 1. The molecule has 0 aliphatic rings. The zero-order chi connectivity index (χ0) is 15.6. The fourth-order valence-corrected chi connectivity index (χ4v) is 2.85. The van der Waals surface area contributed by atoms with Crippen LogP contribution in [0.1, 0.15) is 38.8 Å². The molecule has 0 bridgehead atoms. The van der Waals surface area contributed by atoms with E-state index >= 15 is 0 Å². The molecule has 0 saturated carbocycles. The van der Waals surface area contributed by atoms with Gasteiger partial charge in [-0.3, -0.25) is 0 Å². The molecule has 0 unspecified atom stereocenters. The second-order valence-corrected chi connectivity index (χ2v) is 11.9. The molecule has 0 spiro atoms. The Balaban J connectivity index is 2.60. The summed E-state index contributed by atoms with van der Waals surface area (Å²) < 4.78 is 19.8. The van der Waals surface area contributed by atoms with E-state index in [0.717, 1.165) is 0 Å². The van der Waals surface area contributed by atoms with Crippen molar-refractivity contribution in [1.29, 1.82) is 0 Å². The lowest BCUT2D eigenvalue weighted by atomic mass is 10.0. The van der Waals surface area contributed by atoms with Crippen molar-refractivity contribution >= 4 is 19.9 Å². The van der Waals surface area contributed by atoms with Gasteiger partial charge in [-0.2, -0.15) is 0 Å². The summed E-state index contributed by atoms with van der Waals surface area (Å²) in [5.74, 6) is -0.311. The van der Waals surface area contributed by atoms with Crippen LogP contribution in [0.3, 0.4) is 0 Å². The SMILES string of the molecule is CC(C)(C)[Si](C)(C)OCC[C@H](N)c1cc(Cl)ccc1F. The molecule has 20 heavy (non-hydrogen) atoms. The Labute approximate surface area is 127 Å². The van der Waals surface area contributed by atoms with E-state index in [9.17, 15) is 4.39 Å². The Morgan fingerprint density at radius 2 is 1.95 bits per heavy atom. The summed E-state index contributed by atoms with van der Waals surface area (Å²) >= 11 is 5.88. The van der Waals surface area contributed by atoms with E-state index < -0.39 is 14.4 Å². The number of rotatable bonds is 5. The molecule has 0 aliphatic heterocycles. The maximum Gasteiger partial charge on any atom is 0.191 e. The third-order valence-corrected chi connectivity index (χ3v) is 8.83. The van der Waals surface area contributed by atoms with Crippen molar-refractivity contribution in [1.82, 2.24) is 0 Å². The van der Waals surface area contributed by atoms with E-state index in [0.29, 0.717) is 23.6 Å². The van der Waals surface area contributed by atoms with Crippen LogP contribution in [0.15, 0.2) is 18.2 Å². The van der Waals surface area contributed by atoms with Crippen LogP contribution in [0, 0.1) is 5.82 Å². The van der Waals surface area contributed by atoms with Gasteiger partial charge in [-0.25, -0.2) is 4.39 Å². The summed E-state index contributed by atoms with van der Waals surface area (Å²) in [6.07, 6.45) is 0.587. The van der Waals surface area contributed by atoms with Gasteiger partial charge in [-0.05, 0) is 42.8 Å². The van der Waals surface area contributed by atoms with Crippen molar-refractivity contribution in [3.8, 4) is 0 Å². The van der Waals surface area contributed by atoms with Crippen LogP contribution in [-0.4, -0.2) is 14.9 Å². The highest BCUT2D eigenvalue weighted by Crippen LogP contribution is 2.36. The molecular weight excluding hydrogens is 293 g/mol. The molecule has 1 rings (SSSR count). The van der Waals surface area contributed by atoms with Gasteiger partial charge in [0, 0.05) is 23.2 Å².